The Morgan fingerprint density at radius 3 is 2.44 bits per heavy atom. The van der Waals surface area contributed by atoms with Crippen LogP contribution in [0.1, 0.15) is 40.4 Å². The van der Waals surface area contributed by atoms with E-state index in [4.69, 9.17) is 0 Å². The largest absolute Gasteiger partial charge is 0.416 e. The third-order valence-electron chi connectivity index (χ3n) is 5.30. The van der Waals surface area contributed by atoms with Crippen LogP contribution in [0.2, 0.25) is 0 Å². The number of rotatable bonds is 4. The van der Waals surface area contributed by atoms with Gasteiger partial charge in [-0.15, -0.1) is 12.4 Å². The van der Waals surface area contributed by atoms with E-state index >= 15 is 0 Å². The summed E-state index contributed by atoms with van der Waals surface area (Å²) in [5.74, 6) is -0.904. The zero-order valence-corrected chi connectivity index (χ0v) is 17.6. The Morgan fingerprint density at radius 2 is 1.78 bits per heavy atom. The quantitative estimate of drug-likeness (QED) is 0.519. The lowest BCUT2D eigenvalue weighted by Crippen LogP contribution is -2.29. The van der Waals surface area contributed by atoms with Gasteiger partial charge in [-0.2, -0.15) is 18.3 Å². The number of nitrogens with one attached hydrogen (secondary N) is 2. The fraction of sp³-hybridized carbons (Fsp3) is 0.273. The topological polar surface area (TPSA) is 59.0 Å². The van der Waals surface area contributed by atoms with Crippen molar-refractivity contribution in [1.29, 1.82) is 0 Å². The maximum atomic E-state index is 13.4. The van der Waals surface area contributed by atoms with Gasteiger partial charge in [0.2, 0.25) is 0 Å². The van der Waals surface area contributed by atoms with E-state index in [9.17, 15) is 22.4 Å². The second kappa shape index (κ2) is 9.70. The number of hydrogen-bond acceptors (Lipinski definition) is 3. The maximum absolute atomic E-state index is 13.4. The predicted molar refractivity (Wildman–Crippen MR) is 115 cm³/mol. The summed E-state index contributed by atoms with van der Waals surface area (Å²) >= 11 is 0. The normalized spacial score (nSPS) is 14.6. The number of carbonyl (C=O) groups is 1. The van der Waals surface area contributed by atoms with E-state index < -0.39 is 17.6 Å². The fourth-order valence-corrected chi connectivity index (χ4v) is 3.78. The number of hydrogen-bond donors (Lipinski definition) is 2. The first-order chi connectivity index (χ1) is 14.8. The van der Waals surface area contributed by atoms with Crippen LogP contribution in [-0.2, 0) is 6.18 Å². The van der Waals surface area contributed by atoms with Crippen LogP contribution in [-0.4, -0.2) is 28.8 Å². The summed E-state index contributed by atoms with van der Waals surface area (Å²) in [5, 5.41) is 10.2. The van der Waals surface area contributed by atoms with Crippen molar-refractivity contribution in [3.8, 4) is 5.69 Å². The summed E-state index contributed by atoms with van der Waals surface area (Å²) in [4.78, 5) is 13.0. The van der Waals surface area contributed by atoms with E-state index in [0.29, 0.717) is 11.4 Å². The molecule has 10 heteroatoms. The van der Waals surface area contributed by atoms with Gasteiger partial charge in [0.1, 0.15) is 5.82 Å². The summed E-state index contributed by atoms with van der Waals surface area (Å²) < 4.78 is 54.0. The Bertz CT molecular complexity index is 1080. The molecule has 1 aromatic heterocycles. The molecule has 2 N–H and O–H groups in total. The van der Waals surface area contributed by atoms with E-state index in [-0.39, 0.29) is 35.4 Å². The maximum Gasteiger partial charge on any atom is 0.416 e. The highest BCUT2D eigenvalue weighted by Crippen LogP contribution is 2.32. The van der Waals surface area contributed by atoms with Crippen molar-refractivity contribution in [2.24, 2.45) is 0 Å². The van der Waals surface area contributed by atoms with Gasteiger partial charge in [-0.1, -0.05) is 6.07 Å². The van der Waals surface area contributed by atoms with Crippen LogP contribution < -0.4 is 10.6 Å². The summed E-state index contributed by atoms with van der Waals surface area (Å²) in [5.41, 5.74) is 0.760. The van der Waals surface area contributed by atoms with Crippen molar-refractivity contribution in [2.45, 2.75) is 24.9 Å². The van der Waals surface area contributed by atoms with Gasteiger partial charge in [0.25, 0.3) is 5.91 Å². The minimum Gasteiger partial charge on any atom is -0.322 e. The number of aromatic nitrogens is 2. The SMILES string of the molecule is Cl.O=C(Nc1cccc(C(F)(F)F)c1)c1cnn(-c2ccc(F)cc2)c1C1CCNCC1. The van der Waals surface area contributed by atoms with Crippen LogP contribution in [0, 0.1) is 5.82 Å². The summed E-state index contributed by atoms with van der Waals surface area (Å²) in [6, 6.07) is 10.3. The van der Waals surface area contributed by atoms with Crippen LogP contribution >= 0.6 is 12.4 Å². The first-order valence-electron chi connectivity index (χ1n) is 9.86. The standard InChI is InChI=1S/C22H20F4N4O.ClH/c23-16-4-6-18(7-5-16)30-20(14-8-10-27-11-9-14)19(13-28-30)21(31)29-17-3-1-2-15(12-17)22(24,25)26;/h1-7,12-14,27H,8-11H2,(H,29,31);1H. The van der Waals surface area contributed by atoms with Crippen LogP contribution in [0.4, 0.5) is 23.2 Å². The first-order valence-corrected chi connectivity index (χ1v) is 9.86. The highest BCUT2D eigenvalue weighted by atomic mass is 35.5. The molecule has 1 amide bonds. The lowest BCUT2D eigenvalue weighted by atomic mass is 9.91. The Morgan fingerprint density at radius 1 is 1.09 bits per heavy atom. The van der Waals surface area contributed by atoms with E-state index in [2.05, 4.69) is 15.7 Å². The third kappa shape index (κ3) is 5.11. The van der Waals surface area contributed by atoms with Crippen molar-refractivity contribution in [2.75, 3.05) is 18.4 Å². The summed E-state index contributed by atoms with van der Waals surface area (Å²) in [7, 11) is 0. The zero-order valence-electron chi connectivity index (χ0n) is 16.8. The molecule has 0 bridgehead atoms. The Labute approximate surface area is 188 Å². The van der Waals surface area contributed by atoms with Crippen molar-refractivity contribution in [3.05, 3.63) is 77.4 Å². The van der Waals surface area contributed by atoms with Crippen molar-refractivity contribution in [1.82, 2.24) is 15.1 Å². The molecule has 1 aliphatic heterocycles. The molecule has 0 atom stereocenters. The molecule has 4 rings (SSSR count). The molecule has 0 spiro atoms. The van der Waals surface area contributed by atoms with Crippen molar-refractivity contribution >= 4 is 24.0 Å². The molecule has 32 heavy (non-hydrogen) atoms. The average Bonchev–Trinajstić information content (AvgIpc) is 3.20. The van der Waals surface area contributed by atoms with E-state index in [1.54, 1.807) is 16.8 Å². The van der Waals surface area contributed by atoms with Gasteiger partial charge in [0, 0.05) is 11.6 Å². The van der Waals surface area contributed by atoms with Crippen LogP contribution in [0.3, 0.4) is 0 Å². The van der Waals surface area contributed by atoms with Gasteiger partial charge in [0.15, 0.2) is 0 Å². The van der Waals surface area contributed by atoms with Crippen LogP contribution in [0.15, 0.2) is 54.7 Å². The number of benzene rings is 2. The monoisotopic (exact) mass is 468 g/mol. The predicted octanol–water partition coefficient (Wildman–Crippen LogP) is 5.17. The molecule has 0 aliphatic carbocycles. The minimum atomic E-state index is -4.51. The molecule has 1 aliphatic rings. The lowest BCUT2D eigenvalue weighted by molar-refractivity contribution is -0.137. The Hall–Kier alpha value is -2.91. The molecule has 5 nitrogen and oxygen atoms in total. The highest BCUT2D eigenvalue weighted by Gasteiger charge is 2.31. The molecule has 1 fully saturated rings. The second-order valence-corrected chi connectivity index (χ2v) is 7.39. The number of nitrogens with zero attached hydrogens (tertiary/aromatic N) is 2. The van der Waals surface area contributed by atoms with Gasteiger partial charge in [-0.3, -0.25) is 4.79 Å². The number of amides is 1. The molecule has 0 saturated carbocycles. The van der Waals surface area contributed by atoms with Gasteiger partial charge < -0.3 is 10.6 Å². The lowest BCUT2D eigenvalue weighted by Gasteiger charge is -2.24. The summed E-state index contributed by atoms with van der Waals surface area (Å²) in [6.07, 6.45) is -1.55. The number of piperidine rings is 1. The molecule has 3 aromatic rings. The molecule has 170 valence electrons. The second-order valence-electron chi connectivity index (χ2n) is 7.39. The van der Waals surface area contributed by atoms with Crippen LogP contribution in [0.5, 0.6) is 0 Å². The van der Waals surface area contributed by atoms with Crippen molar-refractivity contribution < 1.29 is 22.4 Å². The molecular weight excluding hydrogens is 448 g/mol. The van der Waals surface area contributed by atoms with Gasteiger partial charge in [-0.05, 0) is 68.4 Å². The number of halogens is 5. The van der Waals surface area contributed by atoms with Gasteiger partial charge >= 0.3 is 6.18 Å². The van der Waals surface area contributed by atoms with Crippen LogP contribution in [0.25, 0.3) is 5.69 Å². The van der Waals surface area contributed by atoms with E-state index in [0.717, 1.165) is 38.1 Å². The van der Waals surface area contributed by atoms with E-state index in [1.165, 1.54) is 30.5 Å². The average molecular weight is 469 g/mol. The number of anilines is 1. The smallest absolute Gasteiger partial charge is 0.322 e. The Balaban J connectivity index is 0.00000289. The summed E-state index contributed by atoms with van der Waals surface area (Å²) in [6.45, 7) is 1.54. The molecule has 2 heterocycles. The molecule has 0 radical (unpaired) electrons. The van der Waals surface area contributed by atoms with Gasteiger partial charge in [0.05, 0.1) is 28.7 Å². The molecule has 0 unspecified atom stereocenters. The Kier molecular flexibility index (Phi) is 7.20. The molecular formula is C22H21ClF4N4O. The highest BCUT2D eigenvalue weighted by molar-refractivity contribution is 6.05. The van der Waals surface area contributed by atoms with Gasteiger partial charge in [-0.25, -0.2) is 9.07 Å². The van der Waals surface area contributed by atoms with E-state index in [1.807, 2.05) is 0 Å². The minimum absolute atomic E-state index is 0. The first kappa shape index (κ1) is 23.7. The number of carbonyl (C=O) groups excluding carboxylic acids is 1. The van der Waals surface area contributed by atoms with Crippen molar-refractivity contribution in [3.63, 3.8) is 0 Å². The zero-order chi connectivity index (χ0) is 22.0. The third-order valence-corrected chi connectivity index (χ3v) is 5.30. The fourth-order valence-electron chi connectivity index (χ4n) is 3.78. The molecule has 2 aromatic carbocycles. The number of alkyl halides is 3. The molecule has 1 saturated heterocycles.